The molecule has 1 aliphatic carbocycles. The normalized spacial score (nSPS) is 30.7. The molecule has 1 amide bonds. The van der Waals surface area contributed by atoms with E-state index >= 15 is 0 Å². The molecule has 0 aliphatic heterocycles. The van der Waals surface area contributed by atoms with E-state index in [1.165, 1.54) is 6.92 Å². The van der Waals surface area contributed by atoms with Crippen LogP contribution >= 0.6 is 11.6 Å². The third-order valence-electron chi connectivity index (χ3n) is 2.71. The monoisotopic (exact) mass is 277 g/mol. The average molecular weight is 278 g/mol. The lowest BCUT2D eigenvalue weighted by Crippen LogP contribution is -2.74. The van der Waals surface area contributed by atoms with E-state index < -0.39 is 35.2 Å². The molecule has 0 aromatic heterocycles. The number of carbonyl (C=O) groups is 3. The van der Waals surface area contributed by atoms with Crippen LogP contribution < -0.4 is 5.32 Å². The second-order valence-electron chi connectivity index (χ2n) is 4.27. The number of rotatable bonds is 6. The third-order valence-corrected chi connectivity index (χ3v) is 3.25. The quantitative estimate of drug-likeness (QED) is 0.682. The Morgan fingerprint density at radius 1 is 1.56 bits per heavy atom. The second-order valence-corrected chi connectivity index (χ2v) is 4.94. The largest absolute Gasteiger partial charge is 0.481 e. The Morgan fingerprint density at radius 3 is 2.61 bits per heavy atom. The summed E-state index contributed by atoms with van der Waals surface area (Å²) in [6.07, 6.45) is -0.610. The van der Waals surface area contributed by atoms with Crippen molar-refractivity contribution >= 4 is 29.3 Å². The Hall–Kier alpha value is -1.14. The van der Waals surface area contributed by atoms with Gasteiger partial charge in [0.2, 0.25) is 5.91 Å². The van der Waals surface area contributed by atoms with Crippen LogP contribution in [0.1, 0.15) is 26.7 Å². The zero-order chi connectivity index (χ0) is 13.9. The van der Waals surface area contributed by atoms with Crippen molar-refractivity contribution in [3.63, 3.8) is 0 Å². The Balaban J connectivity index is 2.81. The standard InChI is InChI=1S/C11H16ClNO5/c1-3-4-18-10-8(13-6(2)14)9(17)11(10,12)5-7(15)16/h8,10H,3-5H2,1-2H3,(H,13,14)(H,15,16)/t8-,10+,11-/m1/s1. The number of amides is 1. The average Bonchev–Trinajstić information content (AvgIpc) is 2.26. The molecule has 0 bridgehead atoms. The molecule has 102 valence electrons. The van der Waals surface area contributed by atoms with E-state index in [-0.39, 0.29) is 5.91 Å². The van der Waals surface area contributed by atoms with Crippen molar-refractivity contribution < 1.29 is 24.2 Å². The molecule has 0 unspecified atom stereocenters. The molecule has 0 spiro atoms. The number of alkyl halides is 1. The van der Waals surface area contributed by atoms with Crippen LogP contribution in [0.15, 0.2) is 0 Å². The van der Waals surface area contributed by atoms with Crippen LogP contribution in [-0.2, 0) is 19.1 Å². The second kappa shape index (κ2) is 5.67. The summed E-state index contributed by atoms with van der Waals surface area (Å²) in [7, 11) is 0. The van der Waals surface area contributed by atoms with Gasteiger partial charge >= 0.3 is 5.97 Å². The fourth-order valence-corrected chi connectivity index (χ4v) is 2.37. The molecule has 3 atom stereocenters. The predicted molar refractivity (Wildman–Crippen MR) is 63.5 cm³/mol. The van der Waals surface area contributed by atoms with Crippen molar-refractivity contribution in [3.05, 3.63) is 0 Å². The van der Waals surface area contributed by atoms with Gasteiger partial charge in [0.25, 0.3) is 0 Å². The predicted octanol–water partition coefficient (Wildman–Crippen LogP) is 0.321. The number of hydrogen-bond acceptors (Lipinski definition) is 4. The van der Waals surface area contributed by atoms with Crippen molar-refractivity contribution in [2.75, 3.05) is 6.61 Å². The molecule has 0 saturated heterocycles. The minimum atomic E-state index is -1.58. The van der Waals surface area contributed by atoms with Gasteiger partial charge in [-0.25, -0.2) is 0 Å². The van der Waals surface area contributed by atoms with E-state index in [4.69, 9.17) is 21.4 Å². The lowest BCUT2D eigenvalue weighted by atomic mass is 9.72. The van der Waals surface area contributed by atoms with Gasteiger partial charge in [-0.3, -0.25) is 14.4 Å². The first-order chi connectivity index (χ1) is 8.32. The van der Waals surface area contributed by atoms with Gasteiger partial charge in [-0.2, -0.15) is 0 Å². The van der Waals surface area contributed by atoms with E-state index in [9.17, 15) is 14.4 Å². The molecule has 1 fully saturated rings. The van der Waals surface area contributed by atoms with E-state index in [2.05, 4.69) is 5.32 Å². The highest BCUT2D eigenvalue weighted by Gasteiger charge is 2.63. The van der Waals surface area contributed by atoms with Gasteiger partial charge < -0.3 is 15.2 Å². The lowest BCUT2D eigenvalue weighted by Gasteiger charge is -2.47. The number of ketones is 1. The zero-order valence-electron chi connectivity index (χ0n) is 10.2. The molecule has 6 nitrogen and oxygen atoms in total. The van der Waals surface area contributed by atoms with Gasteiger partial charge in [0.15, 0.2) is 5.78 Å². The number of halogens is 1. The van der Waals surface area contributed by atoms with Gasteiger partial charge in [-0.05, 0) is 6.42 Å². The maximum absolute atomic E-state index is 11.8. The maximum atomic E-state index is 11.8. The van der Waals surface area contributed by atoms with E-state index in [0.29, 0.717) is 13.0 Å². The van der Waals surface area contributed by atoms with Crippen LogP contribution in [0.5, 0.6) is 0 Å². The van der Waals surface area contributed by atoms with Crippen LogP contribution in [0.2, 0.25) is 0 Å². The van der Waals surface area contributed by atoms with Crippen LogP contribution in [0, 0.1) is 0 Å². The highest BCUT2D eigenvalue weighted by molar-refractivity contribution is 6.41. The zero-order valence-corrected chi connectivity index (χ0v) is 11.0. The van der Waals surface area contributed by atoms with Crippen molar-refractivity contribution in [2.24, 2.45) is 0 Å². The first kappa shape index (κ1) is 14.9. The topological polar surface area (TPSA) is 92.7 Å². The fraction of sp³-hybridized carbons (Fsp3) is 0.727. The summed E-state index contributed by atoms with van der Waals surface area (Å²) in [5.41, 5.74) is 0. The minimum absolute atomic E-state index is 0.349. The smallest absolute Gasteiger partial charge is 0.305 e. The number of carboxylic acids is 1. The third kappa shape index (κ3) is 2.81. The molecule has 0 radical (unpaired) electrons. The molecule has 0 heterocycles. The highest BCUT2D eigenvalue weighted by Crippen LogP contribution is 2.41. The van der Waals surface area contributed by atoms with Crippen molar-refractivity contribution in [1.82, 2.24) is 5.32 Å². The molecule has 1 aliphatic rings. The molecule has 0 aromatic carbocycles. The molecule has 7 heteroatoms. The number of Topliss-reactive ketones (excluding diaryl/α,β-unsaturated/α-hetero) is 1. The van der Waals surface area contributed by atoms with Gasteiger partial charge in [0.1, 0.15) is 17.0 Å². The van der Waals surface area contributed by atoms with Crippen LogP contribution in [0.25, 0.3) is 0 Å². The van der Waals surface area contributed by atoms with Gasteiger partial charge in [0, 0.05) is 13.5 Å². The Bertz CT molecular complexity index is 372. The Kier molecular flexibility index (Phi) is 4.70. The van der Waals surface area contributed by atoms with E-state index in [0.717, 1.165) is 0 Å². The fourth-order valence-electron chi connectivity index (χ4n) is 1.95. The molecule has 1 saturated carbocycles. The van der Waals surface area contributed by atoms with Crippen molar-refractivity contribution in [1.29, 1.82) is 0 Å². The molecule has 0 aromatic rings. The first-order valence-corrected chi connectivity index (χ1v) is 6.04. The van der Waals surface area contributed by atoms with E-state index in [1.54, 1.807) is 0 Å². The molecular weight excluding hydrogens is 262 g/mol. The summed E-state index contributed by atoms with van der Waals surface area (Å²) in [5.74, 6) is -2.07. The number of hydrogen-bond donors (Lipinski definition) is 2. The number of aliphatic carboxylic acids is 1. The minimum Gasteiger partial charge on any atom is -0.481 e. The van der Waals surface area contributed by atoms with Gasteiger partial charge in [-0.1, -0.05) is 6.92 Å². The highest BCUT2D eigenvalue weighted by atomic mass is 35.5. The Labute approximate surface area is 110 Å². The summed E-state index contributed by atoms with van der Waals surface area (Å²) in [4.78, 5) is 32.0. The summed E-state index contributed by atoms with van der Waals surface area (Å²) in [6, 6.07) is -0.856. The maximum Gasteiger partial charge on any atom is 0.305 e. The van der Waals surface area contributed by atoms with Crippen LogP contribution in [0.3, 0.4) is 0 Å². The molecule has 2 N–H and O–H groups in total. The van der Waals surface area contributed by atoms with Crippen molar-refractivity contribution in [2.45, 2.75) is 43.7 Å². The number of carbonyl (C=O) groups excluding carboxylic acids is 2. The van der Waals surface area contributed by atoms with Crippen LogP contribution in [-0.4, -0.2) is 46.4 Å². The van der Waals surface area contributed by atoms with Crippen LogP contribution in [0.4, 0.5) is 0 Å². The molecule has 18 heavy (non-hydrogen) atoms. The van der Waals surface area contributed by atoms with Crippen molar-refractivity contribution in [3.8, 4) is 0 Å². The number of ether oxygens (including phenoxy) is 1. The number of carboxylic acid groups (broad SMARTS) is 1. The first-order valence-electron chi connectivity index (χ1n) is 5.66. The molecule has 1 rings (SSSR count). The summed E-state index contributed by atoms with van der Waals surface area (Å²) >= 11 is 6.03. The lowest BCUT2D eigenvalue weighted by molar-refractivity contribution is -0.157. The number of nitrogens with one attached hydrogen (secondary N) is 1. The van der Waals surface area contributed by atoms with Gasteiger partial charge in [-0.15, -0.1) is 11.6 Å². The summed E-state index contributed by atoms with van der Waals surface area (Å²) < 4.78 is 5.40. The SMILES string of the molecule is CCCO[C@H]1[C@H](NC(C)=O)C(=O)[C@]1(Cl)CC(=O)O. The summed E-state index contributed by atoms with van der Waals surface area (Å²) in [5, 5.41) is 11.2. The van der Waals surface area contributed by atoms with Gasteiger partial charge in [0.05, 0.1) is 6.42 Å². The molecular formula is C11H16ClNO5. The summed E-state index contributed by atoms with van der Waals surface area (Å²) in [6.45, 7) is 3.50. The van der Waals surface area contributed by atoms with E-state index in [1.807, 2.05) is 6.92 Å². The Morgan fingerprint density at radius 2 is 2.17 bits per heavy atom.